The van der Waals surface area contributed by atoms with Crippen molar-refractivity contribution < 1.29 is 9.59 Å². The summed E-state index contributed by atoms with van der Waals surface area (Å²) in [5.74, 6) is -0.368. The number of imide groups is 1. The fourth-order valence-corrected chi connectivity index (χ4v) is 4.99. The van der Waals surface area contributed by atoms with Crippen LogP contribution in [0.2, 0.25) is 0 Å². The minimum Gasteiger partial charge on any atom is -0.346 e. The van der Waals surface area contributed by atoms with Crippen molar-refractivity contribution >= 4 is 39.1 Å². The van der Waals surface area contributed by atoms with Gasteiger partial charge in [-0.1, -0.05) is 24.3 Å². The van der Waals surface area contributed by atoms with Gasteiger partial charge in [-0.05, 0) is 24.4 Å². The Morgan fingerprint density at radius 2 is 1.59 bits per heavy atom. The molecule has 1 fully saturated rings. The van der Waals surface area contributed by atoms with E-state index < -0.39 is 0 Å². The molecule has 6 nitrogen and oxygen atoms in total. The Kier molecular flexibility index (Phi) is 4.56. The second-order valence-corrected chi connectivity index (χ2v) is 8.77. The van der Waals surface area contributed by atoms with Gasteiger partial charge in [0, 0.05) is 66.9 Å². The summed E-state index contributed by atoms with van der Waals surface area (Å²) in [6, 6.07) is 11.3. The molecule has 0 unspecified atom stereocenters. The highest BCUT2D eigenvalue weighted by Gasteiger charge is 2.32. The lowest BCUT2D eigenvalue weighted by Crippen LogP contribution is -2.50. The van der Waals surface area contributed by atoms with Crippen LogP contribution in [0.5, 0.6) is 0 Å². The lowest BCUT2D eigenvalue weighted by Gasteiger charge is -2.36. The van der Waals surface area contributed by atoms with Crippen molar-refractivity contribution in [1.82, 2.24) is 14.8 Å². The fraction of sp³-hybridized carbons (Fsp3) is 0.318. The monoisotopic (exact) mass is 406 g/mol. The lowest BCUT2D eigenvalue weighted by atomic mass is 9.94. The van der Waals surface area contributed by atoms with Crippen molar-refractivity contribution in [3.63, 3.8) is 0 Å². The Hall–Kier alpha value is -2.77. The molecular formula is C22H22N4O2S. The molecule has 2 aromatic carbocycles. The van der Waals surface area contributed by atoms with Gasteiger partial charge in [-0.2, -0.15) is 0 Å². The van der Waals surface area contributed by atoms with Crippen LogP contribution in [-0.2, 0) is 0 Å². The highest BCUT2D eigenvalue weighted by Crippen LogP contribution is 2.30. The summed E-state index contributed by atoms with van der Waals surface area (Å²) in [4.78, 5) is 37.7. The maximum Gasteiger partial charge on any atom is 0.261 e. The molecule has 5 rings (SSSR count). The minimum absolute atomic E-state index is 0.184. The average Bonchev–Trinajstić information content (AvgIpc) is 3.18. The Labute approximate surface area is 173 Å². The van der Waals surface area contributed by atoms with Crippen LogP contribution < -0.4 is 4.90 Å². The zero-order chi connectivity index (χ0) is 20.0. The molecule has 1 saturated heterocycles. The zero-order valence-electron chi connectivity index (χ0n) is 16.3. The molecule has 3 aromatic rings. The van der Waals surface area contributed by atoms with Gasteiger partial charge in [-0.3, -0.25) is 19.4 Å². The largest absolute Gasteiger partial charge is 0.346 e. The number of hydrogen-bond acceptors (Lipinski definition) is 6. The summed E-state index contributed by atoms with van der Waals surface area (Å²) in [6.45, 7) is 6.82. The first-order chi connectivity index (χ1) is 14.1. The lowest BCUT2D eigenvalue weighted by molar-refractivity contribution is 0.0591. The second-order valence-electron chi connectivity index (χ2n) is 7.55. The van der Waals surface area contributed by atoms with Crippen molar-refractivity contribution in [2.24, 2.45) is 0 Å². The summed E-state index contributed by atoms with van der Waals surface area (Å²) in [5.41, 5.74) is 1.25. The van der Waals surface area contributed by atoms with E-state index in [-0.39, 0.29) is 11.8 Å². The molecule has 0 saturated carbocycles. The third-order valence-electron chi connectivity index (χ3n) is 5.75. The third kappa shape index (κ3) is 3.20. The zero-order valence-corrected chi connectivity index (χ0v) is 17.1. The number of rotatable bonds is 4. The van der Waals surface area contributed by atoms with E-state index in [2.05, 4.69) is 21.7 Å². The molecular weight excluding hydrogens is 384 g/mol. The highest BCUT2D eigenvalue weighted by atomic mass is 32.1. The Morgan fingerprint density at radius 1 is 0.931 bits per heavy atom. The molecule has 0 bridgehead atoms. The molecule has 0 aliphatic carbocycles. The van der Waals surface area contributed by atoms with Crippen LogP contribution in [-0.4, -0.2) is 65.9 Å². The standard InChI is InChI=1S/C22H22N4O2S/c1-15-14-23-22(29-15)25-11-8-24(9-12-25)10-13-26-20(27)17-6-2-4-16-5-3-7-18(19(16)17)21(26)28/h2-7,14H,8-13H2,1H3. The maximum atomic E-state index is 13.0. The van der Waals surface area contributed by atoms with Crippen LogP contribution in [0.3, 0.4) is 0 Å². The number of carbonyl (C=O) groups excluding carboxylic acids is 2. The van der Waals surface area contributed by atoms with Crippen LogP contribution in [0.25, 0.3) is 10.8 Å². The van der Waals surface area contributed by atoms with E-state index >= 15 is 0 Å². The normalized spacial score (nSPS) is 17.4. The molecule has 29 heavy (non-hydrogen) atoms. The van der Waals surface area contributed by atoms with E-state index in [1.54, 1.807) is 11.3 Å². The third-order valence-corrected chi connectivity index (χ3v) is 6.72. The number of thiazole rings is 1. The van der Waals surface area contributed by atoms with E-state index in [9.17, 15) is 9.59 Å². The predicted molar refractivity (Wildman–Crippen MR) is 115 cm³/mol. The first kappa shape index (κ1) is 18.3. The maximum absolute atomic E-state index is 13.0. The first-order valence-electron chi connectivity index (χ1n) is 9.89. The van der Waals surface area contributed by atoms with Gasteiger partial charge in [-0.15, -0.1) is 11.3 Å². The minimum atomic E-state index is -0.184. The van der Waals surface area contributed by atoms with Crippen LogP contribution in [0.1, 0.15) is 25.6 Å². The van der Waals surface area contributed by atoms with Crippen molar-refractivity contribution in [3.8, 4) is 0 Å². The van der Waals surface area contributed by atoms with Crippen LogP contribution in [0, 0.1) is 6.92 Å². The molecule has 2 amide bonds. The Balaban J connectivity index is 1.26. The molecule has 2 aliphatic rings. The van der Waals surface area contributed by atoms with Gasteiger partial charge >= 0.3 is 0 Å². The molecule has 7 heteroatoms. The summed E-state index contributed by atoms with van der Waals surface area (Å²) in [7, 11) is 0. The summed E-state index contributed by atoms with van der Waals surface area (Å²) in [6.07, 6.45) is 1.92. The van der Waals surface area contributed by atoms with Gasteiger partial charge in [0.2, 0.25) is 0 Å². The molecule has 148 valence electrons. The molecule has 1 aromatic heterocycles. The van der Waals surface area contributed by atoms with E-state index in [0.29, 0.717) is 24.2 Å². The SMILES string of the molecule is Cc1cnc(N2CCN(CCN3C(=O)c4cccc5cccc(c45)C3=O)CC2)s1. The highest BCUT2D eigenvalue weighted by molar-refractivity contribution is 7.15. The van der Waals surface area contributed by atoms with Crippen molar-refractivity contribution in [2.75, 3.05) is 44.2 Å². The van der Waals surface area contributed by atoms with Gasteiger partial charge in [0.15, 0.2) is 5.13 Å². The number of benzene rings is 2. The number of aryl methyl sites for hydroxylation is 1. The van der Waals surface area contributed by atoms with Crippen LogP contribution in [0.15, 0.2) is 42.6 Å². The summed E-state index contributed by atoms with van der Waals surface area (Å²) in [5, 5.41) is 2.80. The second kappa shape index (κ2) is 7.24. The number of piperazine rings is 1. The van der Waals surface area contributed by atoms with Gasteiger partial charge in [-0.25, -0.2) is 4.98 Å². The van der Waals surface area contributed by atoms with Crippen LogP contribution >= 0.6 is 11.3 Å². The van der Waals surface area contributed by atoms with Crippen molar-refractivity contribution in [2.45, 2.75) is 6.92 Å². The molecule has 0 atom stereocenters. The summed E-state index contributed by atoms with van der Waals surface area (Å²) < 4.78 is 0. The van der Waals surface area contributed by atoms with Crippen molar-refractivity contribution in [3.05, 3.63) is 58.6 Å². The molecule has 2 aliphatic heterocycles. The Morgan fingerprint density at radius 3 is 2.17 bits per heavy atom. The van der Waals surface area contributed by atoms with Gasteiger partial charge in [0.25, 0.3) is 11.8 Å². The van der Waals surface area contributed by atoms with Gasteiger partial charge in [0.1, 0.15) is 0 Å². The number of amides is 2. The molecule has 0 radical (unpaired) electrons. The van der Waals surface area contributed by atoms with Crippen molar-refractivity contribution in [1.29, 1.82) is 0 Å². The fourth-order valence-electron chi connectivity index (χ4n) is 4.18. The topological polar surface area (TPSA) is 56.8 Å². The number of carbonyl (C=O) groups is 2. The average molecular weight is 407 g/mol. The summed E-state index contributed by atoms with van der Waals surface area (Å²) >= 11 is 1.72. The number of aromatic nitrogens is 1. The quantitative estimate of drug-likeness (QED) is 0.624. The first-order valence-corrected chi connectivity index (χ1v) is 10.7. The number of nitrogens with zero attached hydrogens (tertiary/aromatic N) is 4. The van der Waals surface area contributed by atoms with E-state index in [1.807, 2.05) is 42.6 Å². The molecule has 0 spiro atoms. The van der Waals surface area contributed by atoms with Gasteiger partial charge < -0.3 is 4.90 Å². The van der Waals surface area contributed by atoms with Gasteiger partial charge in [0.05, 0.1) is 0 Å². The van der Waals surface area contributed by atoms with E-state index in [0.717, 1.165) is 42.1 Å². The van der Waals surface area contributed by atoms with E-state index in [4.69, 9.17) is 0 Å². The molecule has 3 heterocycles. The number of hydrogen-bond donors (Lipinski definition) is 0. The number of anilines is 1. The molecule has 0 N–H and O–H groups in total. The smallest absolute Gasteiger partial charge is 0.261 e. The van der Waals surface area contributed by atoms with Crippen LogP contribution in [0.4, 0.5) is 5.13 Å². The predicted octanol–water partition coefficient (Wildman–Crippen LogP) is 3.02. The van der Waals surface area contributed by atoms with E-state index in [1.165, 1.54) is 9.78 Å². The Bertz CT molecular complexity index is 1050.